The first-order chi connectivity index (χ1) is 12.1. The summed E-state index contributed by atoms with van der Waals surface area (Å²) in [4.78, 5) is 16.5. The van der Waals surface area contributed by atoms with Crippen molar-refractivity contribution in [1.29, 1.82) is 0 Å². The molecule has 4 nitrogen and oxygen atoms in total. The normalized spacial score (nSPS) is 12.1. The Morgan fingerprint density at radius 1 is 1.16 bits per heavy atom. The van der Waals surface area contributed by atoms with Crippen molar-refractivity contribution in [2.75, 3.05) is 6.54 Å². The zero-order valence-electron chi connectivity index (χ0n) is 14.7. The lowest BCUT2D eigenvalue weighted by Gasteiger charge is -2.18. The number of hydrogen-bond donors (Lipinski definition) is 1. The first-order valence-corrected chi connectivity index (χ1v) is 8.52. The van der Waals surface area contributed by atoms with Gasteiger partial charge in [-0.2, -0.15) is 0 Å². The van der Waals surface area contributed by atoms with Crippen LogP contribution in [0.15, 0.2) is 66.7 Å². The fourth-order valence-electron chi connectivity index (χ4n) is 3.02. The van der Waals surface area contributed by atoms with Gasteiger partial charge < -0.3 is 9.88 Å². The van der Waals surface area contributed by atoms with E-state index in [0.29, 0.717) is 18.5 Å². The van der Waals surface area contributed by atoms with Crippen molar-refractivity contribution < 1.29 is 4.79 Å². The largest absolute Gasteiger partial charge is 0.352 e. The van der Waals surface area contributed by atoms with Crippen LogP contribution in [0.3, 0.4) is 0 Å². The highest BCUT2D eigenvalue weighted by Crippen LogP contribution is 2.26. The van der Waals surface area contributed by atoms with E-state index in [1.807, 2.05) is 24.3 Å². The van der Waals surface area contributed by atoms with Crippen LogP contribution in [0.25, 0.3) is 11.0 Å². The average Bonchev–Trinajstić information content (AvgIpc) is 2.99. The third-order valence-corrected chi connectivity index (χ3v) is 4.36. The minimum absolute atomic E-state index is 0.112. The minimum Gasteiger partial charge on any atom is -0.352 e. The predicted octanol–water partition coefficient (Wildman–Crippen LogP) is 3.88. The molecule has 1 aromatic heterocycles. The maximum Gasteiger partial charge on any atom is 0.246 e. The van der Waals surface area contributed by atoms with Crippen LogP contribution < -0.4 is 5.32 Å². The number of carbonyl (C=O) groups is 1. The van der Waals surface area contributed by atoms with Gasteiger partial charge in [0.15, 0.2) is 0 Å². The van der Waals surface area contributed by atoms with Gasteiger partial charge in [-0.05, 0) is 31.5 Å². The number of amides is 1. The lowest BCUT2D eigenvalue weighted by molar-refractivity contribution is -0.117. The van der Waals surface area contributed by atoms with Crippen LogP contribution in [0.1, 0.15) is 31.3 Å². The van der Waals surface area contributed by atoms with Crippen molar-refractivity contribution >= 4 is 16.9 Å². The number of para-hydroxylation sites is 2. The molecule has 1 heterocycles. The van der Waals surface area contributed by atoms with Gasteiger partial charge in [0.05, 0.1) is 17.1 Å². The zero-order chi connectivity index (χ0) is 17.8. The van der Waals surface area contributed by atoms with Crippen LogP contribution in [-0.2, 0) is 11.2 Å². The molecule has 2 aromatic carbocycles. The number of rotatable bonds is 6. The van der Waals surface area contributed by atoms with Crippen LogP contribution >= 0.6 is 0 Å². The Balaban J connectivity index is 1.92. The number of nitrogens with zero attached hydrogens (tertiary/aromatic N) is 2. The van der Waals surface area contributed by atoms with Gasteiger partial charge in [-0.25, -0.2) is 4.98 Å². The summed E-state index contributed by atoms with van der Waals surface area (Å²) in [5.74, 6) is 0.860. The Bertz CT molecular complexity index is 896. The number of benzene rings is 2. The second-order valence-electron chi connectivity index (χ2n) is 6.26. The molecule has 0 spiro atoms. The minimum atomic E-state index is -0.112. The number of nitrogens with one attached hydrogen (secondary N) is 1. The molecule has 0 aliphatic heterocycles. The Kier molecular flexibility index (Phi) is 4.98. The zero-order valence-corrected chi connectivity index (χ0v) is 14.7. The molecule has 1 unspecified atom stereocenters. The molecule has 3 rings (SSSR count). The molecule has 0 bridgehead atoms. The SMILES string of the molecule is C=C(C)C(=O)NCCc1nc2ccccc2n1C(C)c1ccccc1. The fraction of sp³-hybridized carbons (Fsp3) is 0.238. The number of imidazole rings is 1. The van der Waals surface area contributed by atoms with Gasteiger partial charge >= 0.3 is 0 Å². The summed E-state index contributed by atoms with van der Waals surface area (Å²) >= 11 is 0. The molecule has 0 aliphatic carbocycles. The standard InChI is InChI=1S/C21H23N3O/c1-15(2)21(25)22-14-13-20-23-18-11-7-8-12-19(18)24(20)16(3)17-9-5-4-6-10-17/h4-12,16H,1,13-14H2,2-3H3,(H,22,25). The summed E-state index contributed by atoms with van der Waals surface area (Å²) in [6.45, 7) is 8.10. The van der Waals surface area contributed by atoms with Crippen LogP contribution in [0, 0.1) is 0 Å². The molecule has 0 aliphatic rings. The quantitative estimate of drug-likeness (QED) is 0.696. The lowest BCUT2D eigenvalue weighted by Crippen LogP contribution is -2.27. The average molecular weight is 333 g/mol. The van der Waals surface area contributed by atoms with Crippen LogP contribution in [0.4, 0.5) is 0 Å². The first kappa shape index (κ1) is 17.0. The summed E-state index contributed by atoms with van der Waals surface area (Å²) < 4.78 is 2.26. The van der Waals surface area contributed by atoms with Gasteiger partial charge in [-0.3, -0.25) is 4.79 Å². The summed E-state index contributed by atoms with van der Waals surface area (Å²) in [7, 11) is 0. The summed E-state index contributed by atoms with van der Waals surface area (Å²) in [5, 5.41) is 2.89. The molecule has 25 heavy (non-hydrogen) atoms. The number of fused-ring (bicyclic) bond motifs is 1. The van der Waals surface area contributed by atoms with E-state index in [9.17, 15) is 4.79 Å². The van der Waals surface area contributed by atoms with Crippen molar-refractivity contribution in [1.82, 2.24) is 14.9 Å². The van der Waals surface area contributed by atoms with Crippen molar-refractivity contribution in [3.63, 3.8) is 0 Å². The third kappa shape index (κ3) is 3.63. The van der Waals surface area contributed by atoms with Gasteiger partial charge in [-0.1, -0.05) is 49.0 Å². The monoisotopic (exact) mass is 333 g/mol. The van der Waals surface area contributed by atoms with Crippen LogP contribution in [0.2, 0.25) is 0 Å². The molecular weight excluding hydrogens is 310 g/mol. The summed E-state index contributed by atoms with van der Waals surface area (Å²) in [5.41, 5.74) is 3.84. The molecule has 128 valence electrons. The Labute approximate surface area is 148 Å². The molecule has 0 fully saturated rings. The van der Waals surface area contributed by atoms with E-state index in [-0.39, 0.29) is 11.9 Å². The Morgan fingerprint density at radius 2 is 1.84 bits per heavy atom. The van der Waals surface area contributed by atoms with Gasteiger partial charge in [-0.15, -0.1) is 0 Å². The smallest absolute Gasteiger partial charge is 0.246 e. The molecule has 1 N–H and O–H groups in total. The molecule has 0 saturated heterocycles. The molecule has 0 radical (unpaired) electrons. The molecule has 0 saturated carbocycles. The van der Waals surface area contributed by atoms with E-state index in [2.05, 4.69) is 53.7 Å². The lowest BCUT2D eigenvalue weighted by atomic mass is 10.1. The van der Waals surface area contributed by atoms with E-state index >= 15 is 0 Å². The van der Waals surface area contributed by atoms with E-state index in [1.54, 1.807) is 6.92 Å². The fourth-order valence-corrected chi connectivity index (χ4v) is 3.02. The van der Waals surface area contributed by atoms with Gasteiger partial charge in [0.1, 0.15) is 5.82 Å². The highest BCUT2D eigenvalue weighted by Gasteiger charge is 2.17. The van der Waals surface area contributed by atoms with E-state index < -0.39 is 0 Å². The summed E-state index contributed by atoms with van der Waals surface area (Å²) in [6, 6.07) is 18.7. The Hall–Kier alpha value is -2.88. The van der Waals surface area contributed by atoms with E-state index in [4.69, 9.17) is 4.98 Å². The molecule has 3 aromatic rings. The Morgan fingerprint density at radius 3 is 2.56 bits per heavy atom. The molecule has 1 atom stereocenters. The maximum atomic E-state index is 11.7. The molecule has 4 heteroatoms. The van der Waals surface area contributed by atoms with E-state index in [1.165, 1.54) is 5.56 Å². The molecule has 1 amide bonds. The highest BCUT2D eigenvalue weighted by atomic mass is 16.1. The second kappa shape index (κ2) is 7.34. The van der Waals surface area contributed by atoms with Gasteiger partial charge in [0.2, 0.25) is 5.91 Å². The first-order valence-electron chi connectivity index (χ1n) is 8.52. The van der Waals surface area contributed by atoms with Gasteiger partial charge in [0.25, 0.3) is 0 Å². The second-order valence-corrected chi connectivity index (χ2v) is 6.26. The van der Waals surface area contributed by atoms with Crippen molar-refractivity contribution in [2.45, 2.75) is 26.3 Å². The van der Waals surface area contributed by atoms with Crippen molar-refractivity contribution in [3.8, 4) is 0 Å². The van der Waals surface area contributed by atoms with Crippen LogP contribution in [-0.4, -0.2) is 22.0 Å². The predicted molar refractivity (Wildman–Crippen MR) is 102 cm³/mol. The number of carbonyl (C=O) groups excluding carboxylic acids is 1. The van der Waals surface area contributed by atoms with E-state index in [0.717, 1.165) is 16.9 Å². The summed E-state index contributed by atoms with van der Waals surface area (Å²) in [6.07, 6.45) is 0.672. The van der Waals surface area contributed by atoms with Crippen LogP contribution in [0.5, 0.6) is 0 Å². The van der Waals surface area contributed by atoms with Crippen molar-refractivity contribution in [2.24, 2.45) is 0 Å². The highest BCUT2D eigenvalue weighted by molar-refractivity contribution is 5.92. The van der Waals surface area contributed by atoms with Crippen molar-refractivity contribution in [3.05, 3.63) is 78.1 Å². The number of aromatic nitrogens is 2. The maximum absolute atomic E-state index is 11.7. The third-order valence-electron chi connectivity index (χ3n) is 4.36. The van der Waals surface area contributed by atoms with Gasteiger partial charge in [0, 0.05) is 18.5 Å². The number of hydrogen-bond acceptors (Lipinski definition) is 2. The molecular formula is C21H23N3O. The topological polar surface area (TPSA) is 46.9 Å².